The van der Waals surface area contributed by atoms with E-state index in [0.29, 0.717) is 6.54 Å². The number of piperazine rings is 1. The molecule has 1 saturated heterocycles. The number of hydrogen-bond donors (Lipinski definition) is 2. The van der Waals surface area contributed by atoms with E-state index in [-0.39, 0.29) is 12.1 Å². The first-order chi connectivity index (χ1) is 12.2. The minimum absolute atomic E-state index is 0.282. The van der Waals surface area contributed by atoms with Gasteiger partial charge in [-0.2, -0.15) is 5.10 Å². The van der Waals surface area contributed by atoms with Crippen molar-refractivity contribution >= 4 is 5.69 Å². The van der Waals surface area contributed by atoms with Crippen LogP contribution in [0.1, 0.15) is 6.92 Å². The summed E-state index contributed by atoms with van der Waals surface area (Å²) in [5.41, 5.74) is 1.29. The van der Waals surface area contributed by atoms with E-state index in [0.717, 1.165) is 39.3 Å². The number of aliphatic hydroxyl groups excluding tert-OH is 1. The van der Waals surface area contributed by atoms with Gasteiger partial charge in [0.15, 0.2) is 0 Å². The molecule has 0 unspecified atom stereocenters. The number of aliphatic hydroxyl groups is 1. The number of hydrogen-bond acceptors (Lipinski definition) is 5. The lowest BCUT2D eigenvalue weighted by atomic mass is 10.2. The summed E-state index contributed by atoms with van der Waals surface area (Å²) >= 11 is 0. The van der Waals surface area contributed by atoms with Gasteiger partial charge in [0.25, 0.3) is 0 Å². The molecule has 3 rings (SSSR count). The average Bonchev–Trinajstić information content (AvgIpc) is 3.14. The molecule has 6 heteroatoms. The number of anilines is 1. The molecule has 1 aromatic heterocycles. The van der Waals surface area contributed by atoms with Crippen molar-refractivity contribution in [1.29, 1.82) is 0 Å². The van der Waals surface area contributed by atoms with Crippen LogP contribution in [0.25, 0.3) is 0 Å². The van der Waals surface area contributed by atoms with Crippen LogP contribution in [-0.2, 0) is 6.54 Å². The highest BCUT2D eigenvalue weighted by Crippen LogP contribution is 2.15. The van der Waals surface area contributed by atoms with E-state index in [4.69, 9.17) is 0 Å². The zero-order valence-electron chi connectivity index (χ0n) is 15.0. The molecule has 136 valence electrons. The number of nitrogens with one attached hydrogen (secondary N) is 1. The van der Waals surface area contributed by atoms with Crippen LogP contribution in [0.3, 0.4) is 0 Å². The largest absolute Gasteiger partial charge is 0.390 e. The summed E-state index contributed by atoms with van der Waals surface area (Å²) in [5.74, 6) is 0. The zero-order valence-corrected chi connectivity index (χ0v) is 15.0. The predicted octanol–water partition coefficient (Wildman–Crippen LogP) is 1.04. The Morgan fingerprint density at radius 2 is 1.84 bits per heavy atom. The maximum atomic E-state index is 10.3. The fourth-order valence-electron chi connectivity index (χ4n) is 3.28. The summed E-state index contributed by atoms with van der Waals surface area (Å²) in [4.78, 5) is 4.76. The van der Waals surface area contributed by atoms with E-state index in [9.17, 15) is 5.11 Å². The third-order valence-electron chi connectivity index (χ3n) is 4.68. The maximum absolute atomic E-state index is 10.3. The summed E-state index contributed by atoms with van der Waals surface area (Å²) in [7, 11) is 0. The van der Waals surface area contributed by atoms with E-state index < -0.39 is 0 Å². The highest BCUT2D eigenvalue weighted by Gasteiger charge is 2.19. The number of benzene rings is 1. The molecular weight excluding hydrogens is 314 g/mol. The van der Waals surface area contributed by atoms with Crippen LogP contribution in [0.15, 0.2) is 48.8 Å². The van der Waals surface area contributed by atoms with Gasteiger partial charge in [-0.25, -0.2) is 0 Å². The second kappa shape index (κ2) is 8.99. The molecule has 2 N–H and O–H groups in total. The van der Waals surface area contributed by atoms with E-state index in [1.165, 1.54) is 5.69 Å². The summed E-state index contributed by atoms with van der Waals surface area (Å²) in [6.07, 6.45) is 3.40. The van der Waals surface area contributed by atoms with Gasteiger partial charge < -0.3 is 15.3 Å². The Morgan fingerprint density at radius 1 is 1.08 bits per heavy atom. The normalized spacial score (nSPS) is 18.2. The fourth-order valence-corrected chi connectivity index (χ4v) is 3.28. The lowest BCUT2D eigenvalue weighted by Gasteiger charge is -2.37. The van der Waals surface area contributed by atoms with Gasteiger partial charge in [0, 0.05) is 63.4 Å². The Hall–Kier alpha value is -1.89. The first-order valence-electron chi connectivity index (χ1n) is 9.12. The van der Waals surface area contributed by atoms with Gasteiger partial charge in [-0.1, -0.05) is 18.2 Å². The van der Waals surface area contributed by atoms with Gasteiger partial charge >= 0.3 is 0 Å². The number of para-hydroxylation sites is 1. The van der Waals surface area contributed by atoms with E-state index in [1.807, 2.05) is 16.9 Å². The molecule has 6 nitrogen and oxygen atoms in total. The third-order valence-corrected chi connectivity index (χ3v) is 4.68. The molecule has 1 aromatic carbocycles. The van der Waals surface area contributed by atoms with Crippen LogP contribution >= 0.6 is 0 Å². The molecule has 2 aromatic rings. The Kier molecular flexibility index (Phi) is 6.44. The predicted molar refractivity (Wildman–Crippen MR) is 101 cm³/mol. The molecule has 0 spiro atoms. The first-order valence-corrected chi connectivity index (χ1v) is 9.12. The topological polar surface area (TPSA) is 56.6 Å². The number of rotatable bonds is 8. The molecule has 0 aliphatic carbocycles. The van der Waals surface area contributed by atoms with Gasteiger partial charge in [0.05, 0.1) is 12.6 Å². The molecule has 0 saturated carbocycles. The lowest BCUT2D eigenvalue weighted by molar-refractivity contribution is 0.105. The molecule has 0 radical (unpaired) electrons. The first kappa shape index (κ1) is 17.9. The lowest BCUT2D eigenvalue weighted by Crippen LogP contribution is -2.50. The number of nitrogens with zero attached hydrogens (tertiary/aromatic N) is 4. The minimum atomic E-state index is -0.344. The third kappa shape index (κ3) is 5.56. The van der Waals surface area contributed by atoms with Gasteiger partial charge in [0.2, 0.25) is 0 Å². The van der Waals surface area contributed by atoms with Crippen molar-refractivity contribution < 1.29 is 5.11 Å². The van der Waals surface area contributed by atoms with Crippen LogP contribution in [-0.4, -0.2) is 71.2 Å². The Bertz CT molecular complexity index is 596. The molecule has 2 heterocycles. The van der Waals surface area contributed by atoms with Crippen molar-refractivity contribution in [2.24, 2.45) is 0 Å². The Labute approximate surface area is 150 Å². The molecule has 0 bridgehead atoms. The van der Waals surface area contributed by atoms with Crippen LogP contribution in [0, 0.1) is 0 Å². The molecule has 0 amide bonds. The minimum Gasteiger partial charge on any atom is -0.390 e. The summed E-state index contributed by atoms with van der Waals surface area (Å²) in [6, 6.07) is 12.8. The van der Waals surface area contributed by atoms with Gasteiger partial charge in [-0.3, -0.25) is 9.58 Å². The summed E-state index contributed by atoms with van der Waals surface area (Å²) < 4.78 is 1.91. The average molecular weight is 343 g/mol. The fraction of sp³-hybridized carbons (Fsp3) is 0.526. The van der Waals surface area contributed by atoms with Gasteiger partial charge in [-0.05, 0) is 25.1 Å². The van der Waals surface area contributed by atoms with E-state index in [2.05, 4.69) is 57.5 Å². The van der Waals surface area contributed by atoms with E-state index >= 15 is 0 Å². The standard InChI is InChI=1S/C19H29N5O/c1-17(15-24-9-5-8-21-24)20-14-19(25)16-22-10-12-23(13-11-22)18-6-3-2-4-7-18/h2-9,17,19-20,25H,10-16H2,1H3/t17-,19+/m1/s1. The maximum Gasteiger partial charge on any atom is 0.0791 e. The van der Waals surface area contributed by atoms with Crippen LogP contribution < -0.4 is 10.2 Å². The molecule has 1 fully saturated rings. The van der Waals surface area contributed by atoms with Crippen LogP contribution in [0.5, 0.6) is 0 Å². The highest BCUT2D eigenvalue weighted by molar-refractivity contribution is 5.46. The molecule has 25 heavy (non-hydrogen) atoms. The van der Waals surface area contributed by atoms with E-state index in [1.54, 1.807) is 6.20 Å². The van der Waals surface area contributed by atoms with Crippen molar-refractivity contribution in [1.82, 2.24) is 20.0 Å². The molecule has 1 aliphatic heterocycles. The summed E-state index contributed by atoms with van der Waals surface area (Å²) in [5, 5.41) is 17.9. The SMILES string of the molecule is C[C@H](Cn1cccn1)NC[C@H](O)CN1CCN(c2ccccc2)CC1. The second-order valence-electron chi connectivity index (χ2n) is 6.81. The second-order valence-corrected chi connectivity index (χ2v) is 6.81. The van der Waals surface area contributed by atoms with Crippen molar-refractivity contribution in [2.75, 3.05) is 44.2 Å². The Balaban J connectivity index is 1.34. The van der Waals surface area contributed by atoms with Crippen molar-refractivity contribution in [3.63, 3.8) is 0 Å². The van der Waals surface area contributed by atoms with Crippen molar-refractivity contribution in [2.45, 2.75) is 25.6 Å². The van der Waals surface area contributed by atoms with Crippen LogP contribution in [0.2, 0.25) is 0 Å². The molecular formula is C19H29N5O. The molecule has 1 aliphatic rings. The quantitative estimate of drug-likeness (QED) is 0.750. The highest BCUT2D eigenvalue weighted by atomic mass is 16.3. The van der Waals surface area contributed by atoms with Crippen LogP contribution in [0.4, 0.5) is 5.69 Å². The Morgan fingerprint density at radius 3 is 2.52 bits per heavy atom. The molecule has 2 atom stereocenters. The van der Waals surface area contributed by atoms with Gasteiger partial charge in [-0.15, -0.1) is 0 Å². The monoisotopic (exact) mass is 343 g/mol. The van der Waals surface area contributed by atoms with Crippen molar-refractivity contribution in [3.8, 4) is 0 Å². The summed E-state index contributed by atoms with van der Waals surface area (Å²) in [6.45, 7) is 8.29. The number of β-amino-alcohol motifs (C(OH)–C–C–N with tert-alkyl or cyclic N) is 1. The number of aromatic nitrogens is 2. The zero-order chi connectivity index (χ0) is 17.5. The van der Waals surface area contributed by atoms with Crippen molar-refractivity contribution in [3.05, 3.63) is 48.8 Å². The smallest absolute Gasteiger partial charge is 0.0791 e. The van der Waals surface area contributed by atoms with Gasteiger partial charge in [0.1, 0.15) is 0 Å².